The molecule has 0 saturated carbocycles. The monoisotopic (exact) mass is 242 g/mol. The highest BCUT2D eigenvalue weighted by atomic mass is 19.1. The SMILES string of the molecule is COc1ccc(CC(C(=O)O)C(=O)O)c(F)c1. The maximum absolute atomic E-state index is 13.5. The van der Waals surface area contributed by atoms with Gasteiger partial charge in [0.05, 0.1) is 7.11 Å². The van der Waals surface area contributed by atoms with Gasteiger partial charge in [-0.3, -0.25) is 9.59 Å². The third-order valence-corrected chi connectivity index (χ3v) is 2.28. The van der Waals surface area contributed by atoms with E-state index < -0.39 is 30.1 Å². The molecule has 0 atom stereocenters. The first kappa shape index (κ1) is 13.0. The molecule has 0 aliphatic heterocycles. The molecule has 0 aliphatic rings. The number of ether oxygens (including phenoxy) is 1. The fourth-order valence-corrected chi connectivity index (χ4v) is 1.32. The minimum Gasteiger partial charge on any atom is -0.497 e. The van der Waals surface area contributed by atoms with Crippen LogP contribution in [0.3, 0.4) is 0 Å². The van der Waals surface area contributed by atoms with Gasteiger partial charge in [0.1, 0.15) is 11.6 Å². The zero-order chi connectivity index (χ0) is 13.0. The molecule has 0 radical (unpaired) electrons. The summed E-state index contributed by atoms with van der Waals surface area (Å²) in [6.45, 7) is 0. The van der Waals surface area contributed by atoms with Gasteiger partial charge in [-0.25, -0.2) is 4.39 Å². The van der Waals surface area contributed by atoms with Crippen molar-refractivity contribution < 1.29 is 28.9 Å². The molecule has 0 saturated heterocycles. The van der Waals surface area contributed by atoms with Crippen molar-refractivity contribution in [2.24, 2.45) is 5.92 Å². The van der Waals surface area contributed by atoms with Gasteiger partial charge in [-0.1, -0.05) is 6.07 Å². The molecule has 92 valence electrons. The van der Waals surface area contributed by atoms with Crippen molar-refractivity contribution in [2.45, 2.75) is 6.42 Å². The van der Waals surface area contributed by atoms with Crippen LogP contribution in [0.4, 0.5) is 4.39 Å². The second-order valence-corrected chi connectivity index (χ2v) is 3.39. The van der Waals surface area contributed by atoms with Crippen LogP contribution >= 0.6 is 0 Å². The Labute approximate surface area is 96.4 Å². The van der Waals surface area contributed by atoms with Crippen LogP contribution in [0.15, 0.2) is 18.2 Å². The van der Waals surface area contributed by atoms with Gasteiger partial charge in [0.25, 0.3) is 0 Å². The van der Waals surface area contributed by atoms with Crippen molar-refractivity contribution in [3.05, 3.63) is 29.6 Å². The molecule has 0 amide bonds. The van der Waals surface area contributed by atoms with Crippen molar-refractivity contribution in [3.63, 3.8) is 0 Å². The van der Waals surface area contributed by atoms with E-state index in [9.17, 15) is 14.0 Å². The minimum absolute atomic E-state index is 0.0283. The second kappa shape index (κ2) is 5.29. The Balaban J connectivity index is 2.94. The molecule has 0 aromatic heterocycles. The summed E-state index contributed by atoms with van der Waals surface area (Å²) in [5.74, 6) is -5.04. The molecule has 1 rings (SSSR count). The standard InChI is InChI=1S/C11H11FO5/c1-17-7-3-2-6(9(12)5-7)4-8(10(13)14)11(15)16/h2-3,5,8H,4H2,1H3,(H,13,14)(H,15,16). The number of hydrogen-bond acceptors (Lipinski definition) is 3. The normalized spacial score (nSPS) is 10.3. The molecule has 1 aromatic rings. The lowest BCUT2D eigenvalue weighted by molar-refractivity contribution is -0.154. The van der Waals surface area contributed by atoms with Gasteiger partial charge in [0, 0.05) is 6.07 Å². The zero-order valence-electron chi connectivity index (χ0n) is 9.01. The molecule has 6 heteroatoms. The number of carboxylic acids is 2. The molecular formula is C11H11FO5. The van der Waals surface area contributed by atoms with E-state index in [-0.39, 0.29) is 11.3 Å². The Morgan fingerprint density at radius 3 is 2.35 bits per heavy atom. The molecule has 2 N–H and O–H groups in total. The first-order valence-corrected chi connectivity index (χ1v) is 4.73. The van der Waals surface area contributed by atoms with E-state index in [2.05, 4.69) is 0 Å². The number of methoxy groups -OCH3 is 1. The summed E-state index contributed by atoms with van der Waals surface area (Å²) in [7, 11) is 1.37. The first-order chi connectivity index (χ1) is 7.95. The van der Waals surface area contributed by atoms with Crippen LogP contribution < -0.4 is 4.74 Å². The van der Waals surface area contributed by atoms with Crippen LogP contribution in [-0.4, -0.2) is 29.3 Å². The third kappa shape index (κ3) is 3.17. The van der Waals surface area contributed by atoms with Crippen molar-refractivity contribution in [1.29, 1.82) is 0 Å². The summed E-state index contributed by atoms with van der Waals surface area (Å²) in [6.07, 6.45) is -0.402. The third-order valence-electron chi connectivity index (χ3n) is 2.28. The topological polar surface area (TPSA) is 83.8 Å². The number of halogens is 1. The first-order valence-electron chi connectivity index (χ1n) is 4.73. The second-order valence-electron chi connectivity index (χ2n) is 3.39. The summed E-state index contributed by atoms with van der Waals surface area (Å²) in [4.78, 5) is 21.3. The van der Waals surface area contributed by atoms with E-state index >= 15 is 0 Å². The van der Waals surface area contributed by atoms with Crippen molar-refractivity contribution >= 4 is 11.9 Å². The molecule has 0 aliphatic carbocycles. The van der Waals surface area contributed by atoms with E-state index in [0.717, 1.165) is 6.07 Å². The highest BCUT2D eigenvalue weighted by Crippen LogP contribution is 2.19. The van der Waals surface area contributed by atoms with Crippen molar-refractivity contribution in [2.75, 3.05) is 7.11 Å². The number of carboxylic acid groups (broad SMARTS) is 2. The van der Waals surface area contributed by atoms with E-state index in [1.807, 2.05) is 0 Å². The summed E-state index contributed by atoms with van der Waals surface area (Å²) in [6, 6.07) is 3.84. The lowest BCUT2D eigenvalue weighted by atomic mass is 9.99. The quantitative estimate of drug-likeness (QED) is 0.757. The van der Waals surface area contributed by atoms with Gasteiger partial charge in [0.2, 0.25) is 0 Å². The number of hydrogen-bond donors (Lipinski definition) is 2. The highest BCUT2D eigenvalue weighted by Gasteiger charge is 2.27. The predicted molar refractivity (Wildman–Crippen MR) is 55.4 cm³/mol. The summed E-state index contributed by atoms with van der Waals surface area (Å²) < 4.78 is 18.2. The molecule has 0 fully saturated rings. The molecule has 1 aromatic carbocycles. The zero-order valence-corrected chi connectivity index (χ0v) is 9.01. The van der Waals surface area contributed by atoms with E-state index in [1.165, 1.54) is 19.2 Å². The predicted octanol–water partition coefficient (Wildman–Crippen LogP) is 1.16. The van der Waals surface area contributed by atoms with Crippen molar-refractivity contribution in [1.82, 2.24) is 0 Å². The Bertz CT molecular complexity index is 429. The lowest BCUT2D eigenvalue weighted by Crippen LogP contribution is -2.25. The van der Waals surface area contributed by atoms with Crippen LogP contribution in [0, 0.1) is 11.7 Å². The highest BCUT2D eigenvalue weighted by molar-refractivity contribution is 5.93. The lowest BCUT2D eigenvalue weighted by Gasteiger charge is -2.09. The molecular weight excluding hydrogens is 231 g/mol. The van der Waals surface area contributed by atoms with Crippen LogP contribution in [0.5, 0.6) is 5.75 Å². The summed E-state index contributed by atoms with van der Waals surface area (Å²) >= 11 is 0. The van der Waals surface area contributed by atoms with Crippen molar-refractivity contribution in [3.8, 4) is 5.75 Å². The summed E-state index contributed by atoms with van der Waals surface area (Å²) in [5.41, 5.74) is 0.0283. The largest absolute Gasteiger partial charge is 0.497 e. The van der Waals surface area contributed by atoms with Crippen LogP contribution in [0.25, 0.3) is 0 Å². The number of carbonyl (C=O) groups is 2. The minimum atomic E-state index is -1.65. The maximum atomic E-state index is 13.5. The molecule has 0 bridgehead atoms. The average Bonchev–Trinajstić information content (AvgIpc) is 2.26. The fourth-order valence-electron chi connectivity index (χ4n) is 1.32. The van der Waals surface area contributed by atoms with Crippen LogP contribution in [-0.2, 0) is 16.0 Å². The Morgan fingerprint density at radius 1 is 1.35 bits per heavy atom. The molecule has 0 heterocycles. The number of aliphatic carboxylic acids is 2. The Kier molecular flexibility index (Phi) is 4.03. The molecule has 5 nitrogen and oxygen atoms in total. The van der Waals surface area contributed by atoms with Gasteiger partial charge in [0.15, 0.2) is 5.92 Å². The van der Waals surface area contributed by atoms with E-state index in [4.69, 9.17) is 14.9 Å². The van der Waals surface area contributed by atoms with Crippen LogP contribution in [0.1, 0.15) is 5.56 Å². The van der Waals surface area contributed by atoms with Gasteiger partial charge in [-0.2, -0.15) is 0 Å². The van der Waals surface area contributed by atoms with Gasteiger partial charge in [-0.05, 0) is 18.1 Å². The summed E-state index contributed by atoms with van der Waals surface area (Å²) in [5, 5.41) is 17.3. The molecule has 0 unspecified atom stereocenters. The Morgan fingerprint density at radius 2 is 1.94 bits per heavy atom. The smallest absolute Gasteiger partial charge is 0.318 e. The van der Waals surface area contributed by atoms with Gasteiger partial charge in [-0.15, -0.1) is 0 Å². The number of benzene rings is 1. The number of rotatable bonds is 5. The Hall–Kier alpha value is -2.11. The maximum Gasteiger partial charge on any atom is 0.318 e. The molecule has 17 heavy (non-hydrogen) atoms. The van der Waals surface area contributed by atoms with E-state index in [1.54, 1.807) is 0 Å². The molecule has 0 spiro atoms. The van der Waals surface area contributed by atoms with E-state index in [0.29, 0.717) is 0 Å². The van der Waals surface area contributed by atoms with Gasteiger partial charge < -0.3 is 14.9 Å². The fraction of sp³-hybridized carbons (Fsp3) is 0.273. The van der Waals surface area contributed by atoms with Gasteiger partial charge >= 0.3 is 11.9 Å². The van der Waals surface area contributed by atoms with Crippen LogP contribution in [0.2, 0.25) is 0 Å². The average molecular weight is 242 g/mol.